The number of imide groups is 1. The first-order valence-electron chi connectivity index (χ1n) is 9.32. The van der Waals surface area contributed by atoms with Crippen LogP contribution in [0.4, 0.5) is 10.5 Å². The Morgan fingerprint density at radius 2 is 1.90 bits per heavy atom. The van der Waals surface area contributed by atoms with Crippen molar-refractivity contribution in [3.8, 4) is 11.5 Å². The maximum atomic E-state index is 12.4. The topological polar surface area (TPSA) is 111 Å². The first kappa shape index (κ1) is 20.8. The third-order valence-electron chi connectivity index (χ3n) is 4.46. The lowest BCUT2D eigenvalue weighted by Gasteiger charge is -2.12. The largest absolute Gasteiger partial charge is 0.493 e. The van der Waals surface area contributed by atoms with Crippen molar-refractivity contribution in [2.75, 3.05) is 13.7 Å². The molecule has 1 aliphatic rings. The van der Waals surface area contributed by atoms with Crippen LogP contribution in [0, 0.1) is 10.1 Å². The van der Waals surface area contributed by atoms with Gasteiger partial charge in [-0.25, -0.2) is 4.79 Å². The van der Waals surface area contributed by atoms with Crippen LogP contribution < -0.4 is 14.8 Å². The number of methoxy groups -OCH3 is 1. The van der Waals surface area contributed by atoms with E-state index in [9.17, 15) is 19.7 Å². The highest BCUT2D eigenvalue weighted by atomic mass is 16.6. The van der Waals surface area contributed by atoms with E-state index in [2.05, 4.69) is 5.32 Å². The molecule has 156 valence electrons. The minimum atomic E-state index is -0.577. The number of amides is 3. The molecule has 0 unspecified atom stereocenters. The molecular formula is C21H21N3O6. The van der Waals surface area contributed by atoms with Crippen LogP contribution in [-0.2, 0) is 11.4 Å². The quantitative estimate of drug-likeness (QED) is 0.308. The number of carbonyl (C=O) groups excluding carboxylic acids is 2. The molecule has 0 saturated carbocycles. The van der Waals surface area contributed by atoms with Gasteiger partial charge < -0.3 is 14.8 Å². The number of urea groups is 1. The van der Waals surface area contributed by atoms with Gasteiger partial charge in [-0.15, -0.1) is 0 Å². The number of carbonyl (C=O) groups is 2. The Morgan fingerprint density at radius 3 is 2.53 bits per heavy atom. The van der Waals surface area contributed by atoms with Crippen LogP contribution in [0.25, 0.3) is 6.08 Å². The monoisotopic (exact) mass is 411 g/mol. The molecule has 9 heteroatoms. The van der Waals surface area contributed by atoms with Gasteiger partial charge in [0, 0.05) is 6.54 Å². The summed E-state index contributed by atoms with van der Waals surface area (Å²) >= 11 is 0. The Hall–Kier alpha value is -3.88. The van der Waals surface area contributed by atoms with Gasteiger partial charge in [0.15, 0.2) is 11.5 Å². The summed E-state index contributed by atoms with van der Waals surface area (Å²) in [5.41, 5.74) is 0.702. The minimum Gasteiger partial charge on any atom is -0.493 e. The molecular weight excluding hydrogens is 390 g/mol. The Bertz CT molecular complexity index is 1000. The van der Waals surface area contributed by atoms with E-state index < -0.39 is 16.9 Å². The van der Waals surface area contributed by atoms with Crippen molar-refractivity contribution in [2.24, 2.45) is 0 Å². The summed E-state index contributed by atoms with van der Waals surface area (Å²) in [6.45, 7) is 2.31. The highest BCUT2D eigenvalue weighted by Gasteiger charge is 2.33. The highest BCUT2D eigenvalue weighted by molar-refractivity contribution is 6.14. The summed E-state index contributed by atoms with van der Waals surface area (Å²) < 4.78 is 11.0. The van der Waals surface area contributed by atoms with Gasteiger partial charge in [-0.1, -0.05) is 37.3 Å². The number of rotatable bonds is 8. The van der Waals surface area contributed by atoms with E-state index in [1.807, 2.05) is 37.3 Å². The van der Waals surface area contributed by atoms with Crippen molar-refractivity contribution in [1.82, 2.24) is 10.2 Å². The van der Waals surface area contributed by atoms with E-state index in [0.29, 0.717) is 6.42 Å². The van der Waals surface area contributed by atoms with E-state index in [1.165, 1.54) is 25.3 Å². The summed E-state index contributed by atoms with van der Waals surface area (Å²) in [6, 6.07) is 11.5. The lowest BCUT2D eigenvalue weighted by Crippen LogP contribution is -2.31. The zero-order valence-electron chi connectivity index (χ0n) is 16.6. The molecule has 3 amide bonds. The van der Waals surface area contributed by atoms with E-state index >= 15 is 0 Å². The molecule has 3 rings (SSSR count). The third-order valence-corrected chi connectivity index (χ3v) is 4.46. The van der Waals surface area contributed by atoms with E-state index in [0.717, 1.165) is 10.5 Å². The molecule has 0 bridgehead atoms. The fraction of sp³-hybridized carbons (Fsp3) is 0.238. The van der Waals surface area contributed by atoms with E-state index in [4.69, 9.17) is 9.47 Å². The van der Waals surface area contributed by atoms with Crippen LogP contribution in [0.3, 0.4) is 0 Å². The molecule has 0 aromatic heterocycles. The zero-order chi connectivity index (χ0) is 21.7. The molecule has 1 fully saturated rings. The first-order chi connectivity index (χ1) is 14.4. The van der Waals surface area contributed by atoms with Gasteiger partial charge in [0.1, 0.15) is 12.3 Å². The molecule has 1 saturated heterocycles. The van der Waals surface area contributed by atoms with E-state index in [-0.39, 0.29) is 41.6 Å². The van der Waals surface area contributed by atoms with Gasteiger partial charge in [0.2, 0.25) is 0 Å². The van der Waals surface area contributed by atoms with Crippen LogP contribution in [-0.4, -0.2) is 35.4 Å². The Balaban J connectivity index is 1.94. The molecule has 9 nitrogen and oxygen atoms in total. The van der Waals surface area contributed by atoms with Crippen molar-refractivity contribution < 1.29 is 24.0 Å². The van der Waals surface area contributed by atoms with Crippen molar-refractivity contribution in [2.45, 2.75) is 20.0 Å². The number of benzene rings is 2. The second-order valence-electron chi connectivity index (χ2n) is 6.54. The highest BCUT2D eigenvalue weighted by Crippen LogP contribution is 2.36. The van der Waals surface area contributed by atoms with Crippen LogP contribution >= 0.6 is 0 Å². The third kappa shape index (κ3) is 4.40. The van der Waals surface area contributed by atoms with Gasteiger partial charge in [0.05, 0.1) is 23.7 Å². The first-order valence-corrected chi connectivity index (χ1v) is 9.32. The summed E-state index contributed by atoms with van der Waals surface area (Å²) in [7, 11) is 1.42. The average Bonchev–Trinajstić information content (AvgIpc) is 3.00. The second-order valence-corrected chi connectivity index (χ2v) is 6.54. The average molecular weight is 411 g/mol. The van der Waals surface area contributed by atoms with Crippen LogP contribution in [0.5, 0.6) is 11.5 Å². The molecule has 2 aromatic rings. The van der Waals surface area contributed by atoms with Gasteiger partial charge in [0.25, 0.3) is 11.6 Å². The summed E-state index contributed by atoms with van der Waals surface area (Å²) in [5, 5.41) is 14.1. The van der Waals surface area contributed by atoms with Gasteiger partial charge >= 0.3 is 6.03 Å². The smallest absolute Gasteiger partial charge is 0.329 e. The van der Waals surface area contributed by atoms with Crippen LogP contribution in [0.2, 0.25) is 0 Å². The van der Waals surface area contributed by atoms with Crippen molar-refractivity contribution in [3.63, 3.8) is 0 Å². The predicted molar refractivity (Wildman–Crippen MR) is 109 cm³/mol. The molecule has 1 aliphatic heterocycles. The van der Waals surface area contributed by atoms with Crippen molar-refractivity contribution in [1.29, 1.82) is 0 Å². The molecule has 0 spiro atoms. The molecule has 1 heterocycles. The molecule has 0 radical (unpaired) electrons. The van der Waals surface area contributed by atoms with E-state index in [1.54, 1.807) is 0 Å². The number of hydrogen-bond donors (Lipinski definition) is 1. The summed E-state index contributed by atoms with van der Waals surface area (Å²) in [6.07, 6.45) is 1.88. The number of nitrogens with one attached hydrogen (secondary N) is 1. The molecule has 2 aromatic carbocycles. The van der Waals surface area contributed by atoms with Gasteiger partial charge in [-0.3, -0.25) is 19.8 Å². The molecule has 1 N–H and O–H groups in total. The number of hydrogen-bond acceptors (Lipinski definition) is 6. The molecule has 0 aliphatic carbocycles. The second kappa shape index (κ2) is 9.08. The lowest BCUT2D eigenvalue weighted by molar-refractivity contribution is -0.385. The number of nitro benzene ring substituents is 1. The number of ether oxygens (including phenoxy) is 2. The fourth-order valence-electron chi connectivity index (χ4n) is 3.00. The van der Waals surface area contributed by atoms with Gasteiger partial charge in [-0.2, -0.15) is 0 Å². The SMILES string of the molecule is CCCN1C(=O)N/C(=C/c2cc(OC)c(OCc3ccccc3)cc2[N+](=O)[O-])C1=O. The number of nitrogens with zero attached hydrogens (tertiary/aromatic N) is 2. The Kier molecular flexibility index (Phi) is 6.31. The lowest BCUT2D eigenvalue weighted by atomic mass is 10.1. The maximum absolute atomic E-state index is 12.4. The molecule has 30 heavy (non-hydrogen) atoms. The predicted octanol–water partition coefficient (Wildman–Crippen LogP) is 3.49. The van der Waals surface area contributed by atoms with Crippen LogP contribution in [0.1, 0.15) is 24.5 Å². The fourth-order valence-corrected chi connectivity index (χ4v) is 3.00. The van der Waals surface area contributed by atoms with Gasteiger partial charge in [-0.05, 0) is 24.1 Å². The minimum absolute atomic E-state index is 0.0310. The number of nitro groups is 1. The maximum Gasteiger partial charge on any atom is 0.329 e. The Morgan fingerprint density at radius 1 is 1.17 bits per heavy atom. The van der Waals surface area contributed by atoms with Crippen molar-refractivity contribution >= 4 is 23.7 Å². The summed E-state index contributed by atoms with van der Waals surface area (Å²) in [5.74, 6) is -0.0605. The normalized spacial score (nSPS) is 14.7. The summed E-state index contributed by atoms with van der Waals surface area (Å²) in [4.78, 5) is 36.5. The zero-order valence-corrected chi connectivity index (χ0v) is 16.6. The van der Waals surface area contributed by atoms with Crippen molar-refractivity contribution in [3.05, 3.63) is 69.4 Å². The molecule has 0 atom stereocenters. The standard InChI is InChI=1S/C21H21N3O6/c1-3-9-23-20(25)16(22-21(23)26)10-15-11-18(29-2)19(12-17(15)24(27)28)30-13-14-7-5-4-6-8-14/h4-8,10-12H,3,9,13H2,1-2H3,(H,22,26)/b16-10+. The van der Waals surface area contributed by atoms with Crippen LogP contribution in [0.15, 0.2) is 48.2 Å². The Labute approximate surface area is 173 Å².